The standard InChI is InChI=1S/C23H23N7O3/c1-4-25-23(32)19-12-27-22-18(24-2)10-20(29-30(19)22)28-17-7-5-6-15(21(17)33-3)16-9-8-14(13-31)11-26-16/h5-13,24H,4H2,1-3H3,(H,25,32)(H,28,29). The van der Waals surface area contributed by atoms with Crippen molar-refractivity contribution >= 4 is 35.0 Å². The number of anilines is 3. The van der Waals surface area contributed by atoms with Gasteiger partial charge in [0.15, 0.2) is 29.2 Å². The zero-order chi connectivity index (χ0) is 23.4. The smallest absolute Gasteiger partial charge is 0.271 e. The van der Waals surface area contributed by atoms with Crippen LogP contribution in [0.4, 0.5) is 17.2 Å². The quantitative estimate of drug-likeness (QED) is 0.354. The first-order valence-corrected chi connectivity index (χ1v) is 10.3. The number of fused-ring (bicyclic) bond motifs is 1. The van der Waals surface area contributed by atoms with Gasteiger partial charge in [0, 0.05) is 37.0 Å². The van der Waals surface area contributed by atoms with Crippen LogP contribution < -0.4 is 20.7 Å². The summed E-state index contributed by atoms with van der Waals surface area (Å²) in [5.74, 6) is 0.780. The summed E-state index contributed by atoms with van der Waals surface area (Å²) < 4.78 is 7.18. The number of nitrogens with one attached hydrogen (secondary N) is 3. The molecule has 3 heterocycles. The number of para-hydroxylation sites is 1. The first-order valence-electron chi connectivity index (χ1n) is 10.3. The molecule has 10 nitrogen and oxygen atoms in total. The highest BCUT2D eigenvalue weighted by molar-refractivity contribution is 5.94. The molecule has 0 aliphatic carbocycles. The molecular weight excluding hydrogens is 422 g/mol. The topological polar surface area (TPSA) is 123 Å². The Morgan fingerprint density at radius 2 is 2.00 bits per heavy atom. The number of aromatic nitrogens is 4. The van der Waals surface area contributed by atoms with Crippen molar-refractivity contribution in [3.05, 3.63) is 60.0 Å². The molecule has 4 rings (SSSR count). The molecule has 4 aromatic rings. The Morgan fingerprint density at radius 3 is 2.67 bits per heavy atom. The summed E-state index contributed by atoms with van der Waals surface area (Å²) in [5.41, 5.74) is 4.12. The Balaban J connectivity index is 1.76. The van der Waals surface area contributed by atoms with Crippen LogP contribution in [0.15, 0.2) is 48.8 Å². The summed E-state index contributed by atoms with van der Waals surface area (Å²) in [4.78, 5) is 32.1. The minimum atomic E-state index is -0.263. The second kappa shape index (κ2) is 9.35. The van der Waals surface area contributed by atoms with E-state index in [0.29, 0.717) is 52.1 Å². The first kappa shape index (κ1) is 21.8. The number of methoxy groups -OCH3 is 1. The van der Waals surface area contributed by atoms with Crippen molar-refractivity contribution in [3.8, 4) is 17.0 Å². The molecule has 0 spiro atoms. The lowest BCUT2D eigenvalue weighted by Crippen LogP contribution is -2.24. The van der Waals surface area contributed by atoms with Crippen LogP contribution in [0.5, 0.6) is 5.75 Å². The lowest BCUT2D eigenvalue weighted by Gasteiger charge is -2.15. The molecule has 0 atom stereocenters. The molecule has 0 unspecified atom stereocenters. The predicted octanol–water partition coefficient (Wildman–Crippen LogP) is 3.15. The van der Waals surface area contributed by atoms with Gasteiger partial charge >= 0.3 is 0 Å². The number of carbonyl (C=O) groups is 2. The Bertz CT molecular complexity index is 1320. The second-order valence-electron chi connectivity index (χ2n) is 7.04. The Hall–Kier alpha value is -4.47. The third-order valence-electron chi connectivity index (χ3n) is 4.99. The number of hydrogen-bond acceptors (Lipinski definition) is 8. The summed E-state index contributed by atoms with van der Waals surface area (Å²) in [5, 5.41) is 13.7. The molecule has 33 heavy (non-hydrogen) atoms. The fourth-order valence-corrected chi connectivity index (χ4v) is 3.45. The molecule has 0 aliphatic heterocycles. The molecule has 1 aromatic carbocycles. The van der Waals surface area contributed by atoms with E-state index in [-0.39, 0.29) is 5.91 Å². The third-order valence-corrected chi connectivity index (χ3v) is 4.99. The lowest BCUT2D eigenvalue weighted by molar-refractivity contribution is 0.0948. The number of benzene rings is 1. The molecule has 0 fully saturated rings. The van der Waals surface area contributed by atoms with Crippen molar-refractivity contribution in [2.45, 2.75) is 6.92 Å². The van der Waals surface area contributed by atoms with Crippen molar-refractivity contribution in [2.24, 2.45) is 0 Å². The van der Waals surface area contributed by atoms with Gasteiger partial charge in [-0.25, -0.2) is 9.50 Å². The maximum Gasteiger partial charge on any atom is 0.271 e. The van der Waals surface area contributed by atoms with Crippen molar-refractivity contribution in [1.29, 1.82) is 0 Å². The Kier molecular flexibility index (Phi) is 6.16. The molecule has 1 amide bonds. The predicted molar refractivity (Wildman–Crippen MR) is 125 cm³/mol. The van der Waals surface area contributed by atoms with Crippen molar-refractivity contribution in [1.82, 2.24) is 24.9 Å². The first-order chi connectivity index (χ1) is 16.1. The van der Waals surface area contributed by atoms with E-state index < -0.39 is 0 Å². The molecule has 0 aliphatic rings. The van der Waals surface area contributed by atoms with Gasteiger partial charge in [-0.05, 0) is 31.2 Å². The summed E-state index contributed by atoms with van der Waals surface area (Å²) in [7, 11) is 3.35. The molecule has 3 N–H and O–H groups in total. The van der Waals surface area contributed by atoms with E-state index in [1.54, 1.807) is 32.4 Å². The van der Waals surface area contributed by atoms with E-state index >= 15 is 0 Å². The van der Waals surface area contributed by atoms with Crippen LogP contribution in [0.2, 0.25) is 0 Å². The molecular formula is C23H23N7O3. The number of hydrogen-bond donors (Lipinski definition) is 3. The summed E-state index contributed by atoms with van der Waals surface area (Å²) in [6.45, 7) is 2.34. The second-order valence-corrected chi connectivity index (χ2v) is 7.04. The molecule has 0 radical (unpaired) electrons. The highest BCUT2D eigenvalue weighted by Crippen LogP contribution is 2.37. The van der Waals surface area contributed by atoms with Crippen LogP contribution >= 0.6 is 0 Å². The summed E-state index contributed by atoms with van der Waals surface area (Å²) in [6, 6.07) is 10.9. The monoisotopic (exact) mass is 445 g/mol. The number of pyridine rings is 1. The van der Waals surface area contributed by atoms with Gasteiger partial charge in [-0.2, -0.15) is 0 Å². The number of amides is 1. The van der Waals surface area contributed by atoms with E-state index in [1.165, 1.54) is 16.9 Å². The summed E-state index contributed by atoms with van der Waals surface area (Å²) in [6.07, 6.45) is 3.75. The van der Waals surface area contributed by atoms with Gasteiger partial charge in [-0.3, -0.25) is 14.6 Å². The Morgan fingerprint density at radius 1 is 1.15 bits per heavy atom. The zero-order valence-electron chi connectivity index (χ0n) is 18.4. The van der Waals surface area contributed by atoms with Gasteiger partial charge in [-0.15, -0.1) is 5.10 Å². The van der Waals surface area contributed by atoms with Crippen LogP contribution in [0.1, 0.15) is 27.8 Å². The average Bonchev–Trinajstić information content (AvgIpc) is 3.28. The SMILES string of the molecule is CCNC(=O)c1cnc2c(NC)cc(Nc3cccc(-c4ccc(C=O)cn4)c3OC)nn12. The molecule has 0 bridgehead atoms. The normalized spacial score (nSPS) is 10.6. The lowest BCUT2D eigenvalue weighted by atomic mass is 10.1. The minimum absolute atomic E-state index is 0.263. The van der Waals surface area contributed by atoms with E-state index in [4.69, 9.17) is 4.74 Å². The summed E-state index contributed by atoms with van der Waals surface area (Å²) >= 11 is 0. The fourth-order valence-electron chi connectivity index (χ4n) is 3.45. The van der Waals surface area contributed by atoms with E-state index in [0.717, 1.165) is 11.8 Å². The van der Waals surface area contributed by atoms with Crippen molar-refractivity contribution in [2.75, 3.05) is 31.3 Å². The molecule has 168 valence electrons. The van der Waals surface area contributed by atoms with Gasteiger partial charge in [0.25, 0.3) is 5.91 Å². The number of imidazole rings is 1. The van der Waals surface area contributed by atoms with E-state index in [1.807, 2.05) is 25.1 Å². The minimum Gasteiger partial charge on any atom is -0.494 e. The fraction of sp³-hybridized carbons (Fsp3) is 0.174. The van der Waals surface area contributed by atoms with Gasteiger partial charge in [0.05, 0.1) is 30.4 Å². The maximum absolute atomic E-state index is 12.4. The van der Waals surface area contributed by atoms with Crippen LogP contribution in [-0.2, 0) is 0 Å². The van der Waals surface area contributed by atoms with E-state index in [2.05, 4.69) is 31.0 Å². The van der Waals surface area contributed by atoms with Crippen LogP contribution in [0.3, 0.4) is 0 Å². The molecule has 0 saturated heterocycles. The average molecular weight is 445 g/mol. The van der Waals surface area contributed by atoms with Gasteiger partial charge in [0.2, 0.25) is 0 Å². The highest BCUT2D eigenvalue weighted by Gasteiger charge is 2.18. The van der Waals surface area contributed by atoms with Gasteiger partial charge in [-0.1, -0.05) is 6.07 Å². The Labute approximate surface area is 190 Å². The number of carbonyl (C=O) groups excluding carboxylic acids is 2. The largest absolute Gasteiger partial charge is 0.494 e. The van der Waals surface area contributed by atoms with Gasteiger partial charge in [0.1, 0.15) is 0 Å². The number of aldehydes is 1. The molecule has 0 saturated carbocycles. The third kappa shape index (κ3) is 4.18. The molecule has 10 heteroatoms. The maximum atomic E-state index is 12.4. The molecule has 3 aromatic heterocycles. The number of ether oxygens (including phenoxy) is 1. The zero-order valence-corrected chi connectivity index (χ0v) is 18.4. The number of nitrogens with zero attached hydrogens (tertiary/aromatic N) is 4. The van der Waals surface area contributed by atoms with Crippen molar-refractivity contribution in [3.63, 3.8) is 0 Å². The number of rotatable bonds is 8. The highest BCUT2D eigenvalue weighted by atomic mass is 16.5. The van der Waals surface area contributed by atoms with Crippen molar-refractivity contribution < 1.29 is 14.3 Å². The van der Waals surface area contributed by atoms with E-state index in [9.17, 15) is 9.59 Å². The van der Waals surface area contributed by atoms with Crippen LogP contribution in [0.25, 0.3) is 16.9 Å². The van der Waals surface area contributed by atoms with Crippen LogP contribution in [-0.4, -0.2) is 52.5 Å². The van der Waals surface area contributed by atoms with Gasteiger partial charge < -0.3 is 20.7 Å². The van der Waals surface area contributed by atoms with Crippen LogP contribution in [0, 0.1) is 0 Å².